The van der Waals surface area contributed by atoms with Crippen LogP contribution in [0.25, 0.3) is 0 Å². The SMILES string of the molecule is COc1cc(C)c(CCCN)cc1O. The molecule has 0 fully saturated rings. The zero-order chi connectivity index (χ0) is 10.6. The molecule has 78 valence electrons. The summed E-state index contributed by atoms with van der Waals surface area (Å²) in [6.45, 7) is 2.68. The zero-order valence-electron chi connectivity index (χ0n) is 8.71. The number of phenols is 1. The lowest BCUT2D eigenvalue weighted by molar-refractivity contribution is 0.372. The Labute approximate surface area is 84.5 Å². The van der Waals surface area contributed by atoms with Gasteiger partial charge in [-0.05, 0) is 49.6 Å². The van der Waals surface area contributed by atoms with Crippen LogP contribution in [0.5, 0.6) is 11.5 Å². The molecule has 0 aliphatic heterocycles. The van der Waals surface area contributed by atoms with E-state index in [1.54, 1.807) is 13.2 Å². The first-order chi connectivity index (χ1) is 6.69. The number of aryl methyl sites for hydroxylation is 2. The summed E-state index contributed by atoms with van der Waals surface area (Å²) in [5.74, 6) is 0.726. The second-order valence-electron chi connectivity index (χ2n) is 3.34. The Morgan fingerprint density at radius 2 is 2.14 bits per heavy atom. The van der Waals surface area contributed by atoms with E-state index in [0.29, 0.717) is 12.3 Å². The predicted octanol–water partition coefficient (Wildman–Crippen LogP) is 1.60. The number of phenolic OH excluding ortho intramolecular Hbond substituents is 1. The fourth-order valence-electron chi connectivity index (χ4n) is 1.44. The molecule has 0 saturated carbocycles. The normalized spacial score (nSPS) is 10.2. The number of ether oxygens (including phenoxy) is 1. The quantitative estimate of drug-likeness (QED) is 0.767. The third-order valence-electron chi connectivity index (χ3n) is 2.29. The highest BCUT2D eigenvalue weighted by molar-refractivity contribution is 5.46. The van der Waals surface area contributed by atoms with Crippen LogP contribution in [0.15, 0.2) is 12.1 Å². The van der Waals surface area contributed by atoms with E-state index >= 15 is 0 Å². The Morgan fingerprint density at radius 3 is 2.71 bits per heavy atom. The molecule has 14 heavy (non-hydrogen) atoms. The molecule has 0 atom stereocenters. The van der Waals surface area contributed by atoms with Gasteiger partial charge in [0.1, 0.15) is 0 Å². The van der Waals surface area contributed by atoms with Crippen LogP contribution in [0.4, 0.5) is 0 Å². The molecule has 3 N–H and O–H groups in total. The van der Waals surface area contributed by atoms with Gasteiger partial charge in [0.05, 0.1) is 7.11 Å². The van der Waals surface area contributed by atoms with Gasteiger partial charge in [-0.15, -0.1) is 0 Å². The van der Waals surface area contributed by atoms with E-state index in [4.69, 9.17) is 10.5 Å². The van der Waals surface area contributed by atoms with Gasteiger partial charge in [0.2, 0.25) is 0 Å². The minimum Gasteiger partial charge on any atom is -0.504 e. The molecule has 1 aromatic carbocycles. The molecule has 0 aliphatic rings. The van der Waals surface area contributed by atoms with E-state index in [2.05, 4.69) is 0 Å². The molecular weight excluding hydrogens is 178 g/mol. The van der Waals surface area contributed by atoms with E-state index in [1.165, 1.54) is 0 Å². The van der Waals surface area contributed by atoms with Gasteiger partial charge in [-0.1, -0.05) is 0 Å². The van der Waals surface area contributed by atoms with Crippen LogP contribution in [-0.4, -0.2) is 18.8 Å². The van der Waals surface area contributed by atoms with Gasteiger partial charge in [0, 0.05) is 0 Å². The largest absolute Gasteiger partial charge is 0.504 e. The molecule has 1 aromatic rings. The maximum atomic E-state index is 9.56. The third-order valence-corrected chi connectivity index (χ3v) is 2.29. The van der Waals surface area contributed by atoms with Crippen molar-refractivity contribution in [3.63, 3.8) is 0 Å². The van der Waals surface area contributed by atoms with E-state index in [-0.39, 0.29) is 5.75 Å². The van der Waals surface area contributed by atoms with Gasteiger partial charge < -0.3 is 15.6 Å². The van der Waals surface area contributed by atoms with Gasteiger partial charge in [0.15, 0.2) is 11.5 Å². The average Bonchev–Trinajstić information content (AvgIpc) is 2.18. The standard InChI is InChI=1S/C11H17NO2/c1-8-6-11(14-2)10(13)7-9(8)4-3-5-12/h6-7,13H,3-5,12H2,1-2H3. The molecule has 0 heterocycles. The highest BCUT2D eigenvalue weighted by Gasteiger charge is 2.05. The van der Waals surface area contributed by atoms with Crippen molar-refractivity contribution in [1.29, 1.82) is 0 Å². The lowest BCUT2D eigenvalue weighted by Crippen LogP contribution is -2.01. The van der Waals surface area contributed by atoms with Crippen molar-refractivity contribution in [3.05, 3.63) is 23.3 Å². The van der Waals surface area contributed by atoms with Crippen LogP contribution in [0.1, 0.15) is 17.5 Å². The molecule has 0 amide bonds. The fourth-order valence-corrected chi connectivity index (χ4v) is 1.44. The number of hydrogen-bond donors (Lipinski definition) is 2. The molecule has 0 aromatic heterocycles. The number of hydrogen-bond acceptors (Lipinski definition) is 3. The van der Waals surface area contributed by atoms with Crippen LogP contribution < -0.4 is 10.5 Å². The maximum absolute atomic E-state index is 9.56. The van der Waals surface area contributed by atoms with Crippen molar-refractivity contribution in [2.45, 2.75) is 19.8 Å². The average molecular weight is 195 g/mol. The minimum absolute atomic E-state index is 0.199. The summed E-state index contributed by atoms with van der Waals surface area (Å²) in [5.41, 5.74) is 7.70. The Hall–Kier alpha value is -1.22. The summed E-state index contributed by atoms with van der Waals surface area (Å²) < 4.78 is 5.01. The van der Waals surface area contributed by atoms with Crippen LogP contribution in [0.3, 0.4) is 0 Å². The van der Waals surface area contributed by atoms with Gasteiger partial charge in [-0.25, -0.2) is 0 Å². The minimum atomic E-state index is 0.199. The number of aromatic hydroxyl groups is 1. The van der Waals surface area contributed by atoms with Crippen molar-refractivity contribution in [2.75, 3.05) is 13.7 Å². The highest BCUT2D eigenvalue weighted by Crippen LogP contribution is 2.29. The lowest BCUT2D eigenvalue weighted by Gasteiger charge is -2.09. The van der Waals surface area contributed by atoms with E-state index < -0.39 is 0 Å². The van der Waals surface area contributed by atoms with Gasteiger partial charge in [-0.3, -0.25) is 0 Å². The molecule has 0 spiro atoms. The molecule has 3 nitrogen and oxygen atoms in total. The highest BCUT2D eigenvalue weighted by atomic mass is 16.5. The van der Waals surface area contributed by atoms with Crippen molar-refractivity contribution in [3.8, 4) is 11.5 Å². The van der Waals surface area contributed by atoms with Crippen LogP contribution in [0, 0.1) is 6.92 Å². The summed E-state index contributed by atoms with van der Waals surface area (Å²) >= 11 is 0. The second-order valence-corrected chi connectivity index (χ2v) is 3.34. The Balaban J connectivity index is 2.90. The number of benzene rings is 1. The lowest BCUT2D eigenvalue weighted by atomic mass is 10.0. The first-order valence-electron chi connectivity index (χ1n) is 4.75. The number of nitrogens with two attached hydrogens (primary N) is 1. The van der Waals surface area contributed by atoms with Gasteiger partial charge in [-0.2, -0.15) is 0 Å². The second kappa shape index (κ2) is 4.86. The molecule has 0 radical (unpaired) electrons. The van der Waals surface area contributed by atoms with E-state index in [9.17, 15) is 5.11 Å². The van der Waals surface area contributed by atoms with Crippen LogP contribution in [0.2, 0.25) is 0 Å². The summed E-state index contributed by atoms with van der Waals surface area (Å²) in [7, 11) is 1.55. The van der Waals surface area contributed by atoms with E-state index in [1.807, 2.05) is 13.0 Å². The van der Waals surface area contributed by atoms with Crippen LogP contribution in [-0.2, 0) is 6.42 Å². The molecule has 0 aliphatic carbocycles. The van der Waals surface area contributed by atoms with Crippen LogP contribution >= 0.6 is 0 Å². The number of methoxy groups -OCH3 is 1. The first kappa shape index (κ1) is 10.9. The Kier molecular flexibility index (Phi) is 3.77. The molecule has 3 heteroatoms. The fraction of sp³-hybridized carbons (Fsp3) is 0.455. The Bertz CT molecular complexity index is 310. The molecule has 0 saturated heterocycles. The summed E-state index contributed by atoms with van der Waals surface area (Å²) in [4.78, 5) is 0. The topological polar surface area (TPSA) is 55.5 Å². The molecule has 0 unspecified atom stereocenters. The molecule has 1 rings (SSSR count). The Morgan fingerprint density at radius 1 is 1.43 bits per heavy atom. The smallest absolute Gasteiger partial charge is 0.160 e. The molecule has 0 bridgehead atoms. The van der Waals surface area contributed by atoms with Crippen molar-refractivity contribution < 1.29 is 9.84 Å². The van der Waals surface area contributed by atoms with Crippen molar-refractivity contribution in [2.24, 2.45) is 5.73 Å². The molecular formula is C11H17NO2. The van der Waals surface area contributed by atoms with E-state index in [0.717, 1.165) is 24.0 Å². The van der Waals surface area contributed by atoms with Crippen molar-refractivity contribution in [1.82, 2.24) is 0 Å². The number of rotatable bonds is 4. The van der Waals surface area contributed by atoms with Gasteiger partial charge in [0.25, 0.3) is 0 Å². The monoisotopic (exact) mass is 195 g/mol. The first-order valence-corrected chi connectivity index (χ1v) is 4.75. The summed E-state index contributed by atoms with van der Waals surface area (Å²) in [6.07, 6.45) is 1.84. The predicted molar refractivity (Wildman–Crippen MR) is 56.8 cm³/mol. The summed E-state index contributed by atoms with van der Waals surface area (Å²) in [5, 5.41) is 9.56. The maximum Gasteiger partial charge on any atom is 0.160 e. The zero-order valence-corrected chi connectivity index (χ0v) is 8.71. The van der Waals surface area contributed by atoms with Crippen molar-refractivity contribution >= 4 is 0 Å². The third kappa shape index (κ3) is 2.39. The van der Waals surface area contributed by atoms with Gasteiger partial charge >= 0.3 is 0 Å². The summed E-state index contributed by atoms with van der Waals surface area (Å²) in [6, 6.07) is 3.60.